The first-order valence-electron chi connectivity index (χ1n) is 8.67. The molecule has 0 saturated carbocycles. The summed E-state index contributed by atoms with van der Waals surface area (Å²) in [7, 11) is -2.45. The minimum Gasteiger partial charge on any atom is -0.497 e. The van der Waals surface area contributed by atoms with Crippen LogP contribution in [0.15, 0.2) is 47.4 Å². The maximum atomic E-state index is 12.8. The lowest BCUT2D eigenvalue weighted by Gasteiger charge is -2.31. The number of ether oxygens (including phenoxy) is 2. The molecule has 1 aliphatic heterocycles. The zero-order valence-corrected chi connectivity index (χ0v) is 17.1. The van der Waals surface area contributed by atoms with E-state index in [0.29, 0.717) is 31.1 Å². The highest BCUT2D eigenvalue weighted by molar-refractivity contribution is 7.92. The number of hydrogen-bond donors (Lipinski definition) is 1. The number of methoxy groups -OCH3 is 1. The minimum atomic E-state index is -3.98. The summed E-state index contributed by atoms with van der Waals surface area (Å²) >= 11 is 6.12. The van der Waals surface area contributed by atoms with Crippen LogP contribution in [0.1, 0.15) is 17.3 Å². The lowest BCUT2D eigenvalue weighted by Crippen LogP contribution is -2.44. The molecule has 9 heteroatoms. The zero-order chi connectivity index (χ0) is 20.3. The second-order valence-corrected chi connectivity index (χ2v) is 8.47. The molecule has 2 aromatic rings. The van der Waals surface area contributed by atoms with E-state index in [4.69, 9.17) is 21.1 Å². The number of carbonyl (C=O) groups excluding carboxylic acids is 1. The van der Waals surface area contributed by atoms with E-state index in [1.807, 2.05) is 6.92 Å². The van der Waals surface area contributed by atoms with Gasteiger partial charge in [-0.05, 0) is 49.4 Å². The molecule has 0 radical (unpaired) electrons. The van der Waals surface area contributed by atoms with E-state index >= 15 is 0 Å². The van der Waals surface area contributed by atoms with Crippen molar-refractivity contribution < 1.29 is 22.7 Å². The first-order valence-corrected chi connectivity index (χ1v) is 10.5. The quantitative estimate of drug-likeness (QED) is 0.797. The second-order valence-electron chi connectivity index (χ2n) is 6.41. The molecule has 1 amide bonds. The van der Waals surface area contributed by atoms with Crippen LogP contribution in [-0.4, -0.2) is 52.1 Å². The average molecular weight is 425 g/mol. The Morgan fingerprint density at radius 3 is 2.61 bits per heavy atom. The number of rotatable bonds is 5. The number of sulfonamides is 1. The zero-order valence-electron chi connectivity index (χ0n) is 15.5. The van der Waals surface area contributed by atoms with Crippen molar-refractivity contribution in [1.29, 1.82) is 0 Å². The molecule has 2 aromatic carbocycles. The van der Waals surface area contributed by atoms with Gasteiger partial charge in [-0.15, -0.1) is 0 Å². The summed E-state index contributed by atoms with van der Waals surface area (Å²) in [6.45, 7) is 3.24. The van der Waals surface area contributed by atoms with Crippen LogP contribution >= 0.6 is 11.6 Å². The molecule has 1 fully saturated rings. The number of amides is 1. The topological polar surface area (TPSA) is 84.9 Å². The predicted molar refractivity (Wildman–Crippen MR) is 107 cm³/mol. The van der Waals surface area contributed by atoms with Crippen LogP contribution in [0.25, 0.3) is 0 Å². The third kappa shape index (κ3) is 4.57. The maximum Gasteiger partial charge on any atom is 0.263 e. The number of anilines is 1. The van der Waals surface area contributed by atoms with E-state index in [1.165, 1.54) is 25.3 Å². The summed E-state index contributed by atoms with van der Waals surface area (Å²) in [5, 5.41) is 0.0351. The monoisotopic (exact) mass is 424 g/mol. The van der Waals surface area contributed by atoms with Crippen LogP contribution in [0, 0.1) is 0 Å². The molecule has 1 heterocycles. The fourth-order valence-corrected chi connectivity index (χ4v) is 4.48. The maximum absolute atomic E-state index is 12.8. The van der Waals surface area contributed by atoms with Crippen LogP contribution in [-0.2, 0) is 14.8 Å². The summed E-state index contributed by atoms with van der Waals surface area (Å²) in [6.07, 6.45) is -0.0649. The highest BCUT2D eigenvalue weighted by atomic mass is 35.5. The van der Waals surface area contributed by atoms with Crippen LogP contribution in [0.2, 0.25) is 5.02 Å². The van der Waals surface area contributed by atoms with E-state index in [9.17, 15) is 13.2 Å². The third-order valence-electron chi connectivity index (χ3n) is 4.34. The third-order valence-corrected chi connectivity index (χ3v) is 6.20. The number of benzene rings is 2. The SMILES string of the molecule is COc1ccc(NS(=O)(=O)c2cc(C(=O)N3CCOC(C)C3)ccc2Cl)cc1. The molecule has 1 atom stereocenters. The largest absolute Gasteiger partial charge is 0.497 e. The van der Waals surface area contributed by atoms with Gasteiger partial charge < -0.3 is 14.4 Å². The van der Waals surface area contributed by atoms with Crippen molar-refractivity contribution in [2.24, 2.45) is 0 Å². The van der Waals surface area contributed by atoms with E-state index in [-0.39, 0.29) is 27.5 Å². The summed E-state index contributed by atoms with van der Waals surface area (Å²) in [5.74, 6) is 0.348. The number of morpholine rings is 1. The first-order chi connectivity index (χ1) is 13.3. The average Bonchev–Trinajstić information content (AvgIpc) is 2.68. The van der Waals surface area contributed by atoms with Crippen molar-refractivity contribution in [3.05, 3.63) is 53.1 Å². The Balaban J connectivity index is 1.86. The Hall–Kier alpha value is -2.29. The second kappa shape index (κ2) is 8.38. The van der Waals surface area contributed by atoms with E-state index in [2.05, 4.69) is 4.72 Å². The van der Waals surface area contributed by atoms with Gasteiger partial charge in [0, 0.05) is 24.3 Å². The first kappa shape index (κ1) is 20.4. The van der Waals surface area contributed by atoms with Gasteiger partial charge in [0.05, 0.1) is 24.8 Å². The summed E-state index contributed by atoms with van der Waals surface area (Å²) in [5.41, 5.74) is 0.615. The van der Waals surface area contributed by atoms with Crippen molar-refractivity contribution in [3.8, 4) is 5.75 Å². The number of nitrogens with zero attached hydrogens (tertiary/aromatic N) is 1. The number of hydrogen-bond acceptors (Lipinski definition) is 5. The summed E-state index contributed by atoms with van der Waals surface area (Å²) in [4.78, 5) is 14.3. The Kier molecular flexibility index (Phi) is 6.12. The fraction of sp³-hybridized carbons (Fsp3) is 0.316. The molecule has 0 aromatic heterocycles. The van der Waals surface area contributed by atoms with Crippen LogP contribution < -0.4 is 9.46 Å². The number of carbonyl (C=O) groups is 1. The Bertz CT molecular complexity index is 963. The Labute approximate surface area is 169 Å². The highest BCUT2D eigenvalue weighted by Gasteiger charge is 2.25. The van der Waals surface area contributed by atoms with Crippen molar-refractivity contribution in [2.75, 3.05) is 31.5 Å². The molecular weight excluding hydrogens is 404 g/mol. The van der Waals surface area contributed by atoms with Crippen molar-refractivity contribution >= 4 is 33.2 Å². The normalized spacial score (nSPS) is 17.2. The van der Waals surface area contributed by atoms with Gasteiger partial charge in [0.15, 0.2) is 0 Å². The van der Waals surface area contributed by atoms with Crippen LogP contribution in [0.3, 0.4) is 0 Å². The van der Waals surface area contributed by atoms with E-state index in [0.717, 1.165) is 0 Å². The predicted octanol–water partition coefficient (Wildman–Crippen LogP) is 3.01. The molecule has 1 aliphatic rings. The molecule has 1 N–H and O–H groups in total. The van der Waals surface area contributed by atoms with Gasteiger partial charge in [-0.3, -0.25) is 9.52 Å². The molecule has 7 nitrogen and oxygen atoms in total. The molecule has 1 unspecified atom stereocenters. The molecule has 150 valence electrons. The summed E-state index contributed by atoms with van der Waals surface area (Å²) < 4.78 is 38.6. The minimum absolute atomic E-state index is 0.0351. The molecule has 0 spiro atoms. The smallest absolute Gasteiger partial charge is 0.263 e. The standard InChI is InChI=1S/C19H21ClN2O5S/c1-13-12-22(9-10-27-13)19(23)14-3-8-17(20)18(11-14)28(24,25)21-15-4-6-16(26-2)7-5-15/h3-8,11,13,21H,9-10,12H2,1-2H3. The molecule has 1 saturated heterocycles. The fourth-order valence-electron chi connectivity index (χ4n) is 2.90. The van der Waals surface area contributed by atoms with Crippen molar-refractivity contribution in [3.63, 3.8) is 0 Å². The highest BCUT2D eigenvalue weighted by Crippen LogP contribution is 2.26. The van der Waals surface area contributed by atoms with Gasteiger partial charge >= 0.3 is 0 Å². The van der Waals surface area contributed by atoms with Crippen molar-refractivity contribution in [2.45, 2.75) is 17.9 Å². The Morgan fingerprint density at radius 2 is 1.96 bits per heavy atom. The number of nitrogens with one attached hydrogen (secondary N) is 1. The van der Waals surface area contributed by atoms with Crippen LogP contribution in [0.5, 0.6) is 5.75 Å². The lowest BCUT2D eigenvalue weighted by molar-refractivity contribution is -0.0124. The lowest BCUT2D eigenvalue weighted by atomic mass is 10.2. The van der Waals surface area contributed by atoms with Gasteiger partial charge in [0.1, 0.15) is 10.6 Å². The van der Waals surface area contributed by atoms with Gasteiger partial charge in [-0.25, -0.2) is 8.42 Å². The summed E-state index contributed by atoms with van der Waals surface area (Å²) in [6, 6.07) is 10.7. The molecule has 0 aliphatic carbocycles. The molecule has 3 rings (SSSR count). The van der Waals surface area contributed by atoms with Gasteiger partial charge in [-0.1, -0.05) is 11.6 Å². The number of halogens is 1. The molecular formula is C19H21ClN2O5S. The van der Waals surface area contributed by atoms with E-state index in [1.54, 1.807) is 29.2 Å². The van der Waals surface area contributed by atoms with Crippen LogP contribution in [0.4, 0.5) is 5.69 Å². The van der Waals surface area contributed by atoms with Gasteiger partial charge in [-0.2, -0.15) is 0 Å². The molecule has 0 bridgehead atoms. The van der Waals surface area contributed by atoms with E-state index < -0.39 is 10.0 Å². The van der Waals surface area contributed by atoms with Crippen molar-refractivity contribution in [1.82, 2.24) is 4.90 Å². The Morgan fingerprint density at radius 1 is 1.25 bits per heavy atom. The van der Waals surface area contributed by atoms with Gasteiger partial charge in [0.25, 0.3) is 15.9 Å². The van der Waals surface area contributed by atoms with Gasteiger partial charge in [0.2, 0.25) is 0 Å². The molecule has 28 heavy (non-hydrogen) atoms.